The second kappa shape index (κ2) is 8.97. The summed E-state index contributed by atoms with van der Waals surface area (Å²) in [6.45, 7) is -0.427. The van der Waals surface area contributed by atoms with Crippen LogP contribution in [0.3, 0.4) is 0 Å². The van der Waals surface area contributed by atoms with Crippen LogP contribution in [-0.2, 0) is 9.53 Å². The molecular weight excluding hydrogens is 403 g/mol. The average Bonchev–Trinajstić information content (AvgIpc) is 2.87. The summed E-state index contributed by atoms with van der Waals surface area (Å²) in [6.07, 6.45) is 0. The Bertz CT molecular complexity index is 1000. The van der Waals surface area contributed by atoms with Crippen LogP contribution in [0.5, 0.6) is 0 Å². The predicted molar refractivity (Wildman–Crippen MR) is 110 cm³/mol. The number of carbonyl (C=O) groups excluding carboxylic acids is 1. The molecule has 0 amide bonds. The number of hydrogen-bond acceptors (Lipinski definition) is 7. The van der Waals surface area contributed by atoms with Crippen LogP contribution in [0.15, 0.2) is 57.6 Å². The molecule has 0 saturated carbocycles. The van der Waals surface area contributed by atoms with Crippen LogP contribution in [0.1, 0.15) is 11.1 Å². The van der Waals surface area contributed by atoms with E-state index < -0.39 is 12.6 Å². The van der Waals surface area contributed by atoms with Crippen molar-refractivity contribution in [2.75, 3.05) is 20.3 Å². The molecule has 0 radical (unpaired) electrons. The Morgan fingerprint density at radius 1 is 1.25 bits per heavy atom. The number of aliphatic hydroxyl groups is 1. The van der Waals surface area contributed by atoms with E-state index in [0.717, 1.165) is 11.1 Å². The minimum atomic E-state index is -0.739. The molecule has 2 aromatic rings. The predicted octanol–water partition coefficient (Wildman–Crippen LogP) is 2.99. The number of benzene rings is 2. The number of esters is 1. The summed E-state index contributed by atoms with van der Waals surface area (Å²) in [6, 6.07) is 12.6. The van der Waals surface area contributed by atoms with Crippen molar-refractivity contribution in [3.05, 3.63) is 63.6 Å². The topological polar surface area (TPSA) is 95.6 Å². The van der Waals surface area contributed by atoms with Crippen LogP contribution in [0.2, 0.25) is 10.0 Å². The highest BCUT2D eigenvalue weighted by Crippen LogP contribution is 2.30. The molecule has 0 unspecified atom stereocenters. The number of methoxy groups -OCH3 is 1. The zero-order valence-electron chi connectivity index (χ0n) is 14.8. The third-order valence-electron chi connectivity index (χ3n) is 3.88. The number of aliphatic hydroxyl groups excluding tert-OH is 1. The first-order chi connectivity index (χ1) is 13.5. The zero-order valence-corrected chi connectivity index (χ0v) is 16.3. The molecule has 1 heterocycles. The first-order valence-electron chi connectivity index (χ1n) is 8.22. The van der Waals surface area contributed by atoms with E-state index >= 15 is 0 Å². The van der Waals surface area contributed by atoms with Gasteiger partial charge in [-0.05, 0) is 24.3 Å². The van der Waals surface area contributed by atoms with Crippen molar-refractivity contribution in [3.63, 3.8) is 0 Å². The highest BCUT2D eigenvalue weighted by atomic mass is 35.5. The molecule has 3 rings (SSSR count). The molecule has 28 heavy (non-hydrogen) atoms. The third-order valence-corrected chi connectivity index (χ3v) is 4.44. The van der Waals surface area contributed by atoms with Crippen molar-refractivity contribution in [3.8, 4) is 0 Å². The molecule has 0 atom stereocenters. The van der Waals surface area contributed by atoms with Crippen LogP contribution in [0.25, 0.3) is 0 Å². The molecule has 2 aromatic carbocycles. The maximum Gasteiger partial charge on any atom is 0.356 e. The molecule has 1 aliphatic heterocycles. The molecule has 0 spiro atoms. The van der Waals surface area contributed by atoms with E-state index in [2.05, 4.69) is 25.2 Å². The molecule has 0 fully saturated rings. The normalized spacial score (nSPS) is 13.8. The number of fused-ring (bicyclic) bond motifs is 1. The zero-order chi connectivity index (χ0) is 20.1. The van der Waals surface area contributed by atoms with Crippen molar-refractivity contribution in [1.82, 2.24) is 5.43 Å². The van der Waals surface area contributed by atoms with Crippen molar-refractivity contribution >= 4 is 52.1 Å². The number of aliphatic imine (C=N–C) groups is 2. The number of carbonyl (C=O) groups is 1. The van der Waals surface area contributed by atoms with Crippen LogP contribution >= 0.6 is 23.2 Å². The SMILES string of the molecule is COC(=O)C(CO)=NNC1=Nc2ccc(Cl)cc2C(c2ccccc2Cl)=NC1. The van der Waals surface area contributed by atoms with Gasteiger partial charge in [0, 0.05) is 21.2 Å². The van der Waals surface area contributed by atoms with Crippen molar-refractivity contribution in [2.24, 2.45) is 15.1 Å². The van der Waals surface area contributed by atoms with Gasteiger partial charge < -0.3 is 9.84 Å². The van der Waals surface area contributed by atoms with Gasteiger partial charge >= 0.3 is 5.97 Å². The second-order valence-corrected chi connectivity index (χ2v) is 6.53. The first kappa shape index (κ1) is 20.0. The summed E-state index contributed by atoms with van der Waals surface area (Å²) in [5.74, 6) is -0.364. The summed E-state index contributed by atoms with van der Waals surface area (Å²) < 4.78 is 4.56. The molecule has 0 bridgehead atoms. The number of hydrazone groups is 1. The van der Waals surface area contributed by atoms with Gasteiger partial charge in [0.15, 0.2) is 5.71 Å². The molecular formula is C19H16Cl2N4O3. The lowest BCUT2D eigenvalue weighted by molar-refractivity contribution is -0.133. The third kappa shape index (κ3) is 4.39. The average molecular weight is 419 g/mol. The summed E-state index contributed by atoms with van der Waals surface area (Å²) in [7, 11) is 1.21. The van der Waals surface area contributed by atoms with Crippen LogP contribution in [0.4, 0.5) is 5.69 Å². The Labute approximate surface area is 171 Å². The highest BCUT2D eigenvalue weighted by Gasteiger charge is 2.19. The summed E-state index contributed by atoms with van der Waals surface area (Å²) in [5, 5.41) is 14.2. The Hall–Kier alpha value is -2.74. The number of nitrogens with one attached hydrogen (secondary N) is 1. The smallest absolute Gasteiger partial charge is 0.356 e. The monoisotopic (exact) mass is 418 g/mol. The van der Waals surface area contributed by atoms with Gasteiger partial charge in [-0.2, -0.15) is 5.10 Å². The lowest BCUT2D eigenvalue weighted by Crippen LogP contribution is -2.27. The quantitative estimate of drug-likeness (QED) is 0.453. The van der Waals surface area contributed by atoms with Crippen molar-refractivity contribution in [2.45, 2.75) is 0 Å². The summed E-state index contributed by atoms with van der Waals surface area (Å²) >= 11 is 12.5. The summed E-state index contributed by atoms with van der Waals surface area (Å²) in [4.78, 5) is 20.7. The van der Waals surface area contributed by atoms with Gasteiger partial charge in [0.2, 0.25) is 0 Å². The maximum atomic E-state index is 11.5. The van der Waals surface area contributed by atoms with E-state index in [4.69, 9.17) is 23.2 Å². The van der Waals surface area contributed by atoms with Crippen molar-refractivity contribution < 1.29 is 14.6 Å². The Balaban J connectivity index is 2.02. The second-order valence-electron chi connectivity index (χ2n) is 5.68. The van der Waals surface area contributed by atoms with Gasteiger partial charge in [0.1, 0.15) is 5.84 Å². The minimum absolute atomic E-state index is 0.149. The van der Waals surface area contributed by atoms with E-state index in [-0.39, 0.29) is 12.3 Å². The Kier molecular flexibility index (Phi) is 6.41. The molecule has 0 saturated heterocycles. The van der Waals surface area contributed by atoms with Gasteiger partial charge in [0.25, 0.3) is 0 Å². The van der Waals surface area contributed by atoms with Gasteiger partial charge in [0.05, 0.1) is 31.7 Å². The van der Waals surface area contributed by atoms with E-state index in [1.807, 2.05) is 18.2 Å². The van der Waals surface area contributed by atoms with Crippen LogP contribution < -0.4 is 5.43 Å². The van der Waals surface area contributed by atoms with Crippen LogP contribution in [0, 0.1) is 0 Å². The molecule has 1 aliphatic rings. The number of halogens is 2. The lowest BCUT2D eigenvalue weighted by Gasteiger charge is -2.10. The number of hydrogen-bond donors (Lipinski definition) is 2. The fourth-order valence-corrected chi connectivity index (χ4v) is 2.95. The molecule has 0 aliphatic carbocycles. The molecule has 2 N–H and O–H groups in total. The van der Waals surface area contributed by atoms with E-state index in [0.29, 0.717) is 27.3 Å². The number of amidine groups is 1. The number of rotatable bonds is 4. The fraction of sp³-hybridized carbons (Fsp3) is 0.158. The van der Waals surface area contributed by atoms with E-state index in [1.54, 1.807) is 24.3 Å². The van der Waals surface area contributed by atoms with Gasteiger partial charge in [-0.1, -0.05) is 41.4 Å². The minimum Gasteiger partial charge on any atom is -0.464 e. The van der Waals surface area contributed by atoms with Crippen molar-refractivity contribution in [1.29, 1.82) is 0 Å². The fourth-order valence-electron chi connectivity index (χ4n) is 2.55. The Morgan fingerprint density at radius 2 is 2.04 bits per heavy atom. The maximum absolute atomic E-state index is 11.5. The van der Waals surface area contributed by atoms with Gasteiger partial charge in [-0.25, -0.2) is 9.79 Å². The van der Waals surface area contributed by atoms with E-state index in [9.17, 15) is 9.90 Å². The van der Waals surface area contributed by atoms with Gasteiger partial charge in [-0.3, -0.25) is 10.4 Å². The lowest BCUT2D eigenvalue weighted by atomic mass is 10.0. The number of ether oxygens (including phenoxy) is 1. The molecule has 7 nitrogen and oxygen atoms in total. The molecule has 0 aromatic heterocycles. The van der Waals surface area contributed by atoms with E-state index in [1.165, 1.54) is 7.11 Å². The first-order valence-corrected chi connectivity index (χ1v) is 8.97. The Morgan fingerprint density at radius 3 is 2.75 bits per heavy atom. The number of nitrogens with zero attached hydrogens (tertiary/aromatic N) is 3. The largest absolute Gasteiger partial charge is 0.464 e. The van der Waals surface area contributed by atoms with Gasteiger partial charge in [-0.15, -0.1) is 0 Å². The standard InChI is InChI=1S/C19H16Cl2N4O3/c1-28-19(27)16(10-26)24-25-17-9-22-18(12-4-2-3-5-14(12)21)13-8-11(20)6-7-15(13)23-17/h2-8,26H,9-10H2,1H3,(H,23,25). The summed E-state index contributed by atoms with van der Waals surface area (Å²) in [5.41, 5.74) is 5.22. The highest BCUT2D eigenvalue weighted by molar-refractivity contribution is 6.37. The molecule has 144 valence electrons. The van der Waals surface area contributed by atoms with Crippen LogP contribution in [-0.4, -0.2) is 48.6 Å². The molecule has 9 heteroatoms.